The van der Waals surface area contributed by atoms with Gasteiger partial charge in [-0.25, -0.2) is 0 Å². The summed E-state index contributed by atoms with van der Waals surface area (Å²) in [5.41, 5.74) is 3.33. The molecule has 8 heteroatoms. The molecule has 0 aliphatic carbocycles. The van der Waals surface area contributed by atoms with Crippen LogP contribution in [0.2, 0.25) is 0 Å². The van der Waals surface area contributed by atoms with Crippen molar-refractivity contribution in [1.82, 2.24) is 4.90 Å². The number of hydrogen-bond acceptors (Lipinski definition) is 6. The highest BCUT2D eigenvalue weighted by molar-refractivity contribution is 7.85. The summed E-state index contributed by atoms with van der Waals surface area (Å²) >= 11 is 0. The molecule has 1 saturated heterocycles. The van der Waals surface area contributed by atoms with Crippen LogP contribution in [0.3, 0.4) is 0 Å². The Morgan fingerprint density at radius 3 is 2.53 bits per heavy atom. The fourth-order valence-corrected chi connectivity index (χ4v) is 3.79. The number of carbonyl (C=O) groups is 1. The van der Waals surface area contributed by atoms with E-state index in [9.17, 15) is 13.2 Å². The smallest absolute Gasteiger partial charge is 0.264 e. The number of likely N-dealkylation sites (tertiary alicyclic amines) is 1. The van der Waals surface area contributed by atoms with Crippen LogP contribution in [0.25, 0.3) is 0 Å². The van der Waals surface area contributed by atoms with Crippen LogP contribution in [-0.2, 0) is 25.6 Å². The van der Waals surface area contributed by atoms with Gasteiger partial charge in [-0.15, -0.1) is 0 Å². The third-order valence-electron chi connectivity index (χ3n) is 5.05. The average Bonchev–Trinajstić information content (AvgIpc) is 3.10. The molecule has 30 heavy (non-hydrogen) atoms. The highest BCUT2D eigenvalue weighted by Gasteiger charge is 2.37. The van der Waals surface area contributed by atoms with Crippen LogP contribution in [-0.4, -0.2) is 57.9 Å². The Hall–Kier alpha value is -2.42. The Labute approximate surface area is 177 Å². The number of ether oxygens (including phenoxy) is 2. The highest BCUT2D eigenvalue weighted by atomic mass is 32.2. The molecule has 1 heterocycles. The summed E-state index contributed by atoms with van der Waals surface area (Å²) in [4.78, 5) is 14.8. The normalized spacial score (nSPS) is 19.1. The second-order valence-electron chi connectivity index (χ2n) is 7.57. The molecule has 2 unspecified atom stereocenters. The molecule has 0 saturated carbocycles. The fourth-order valence-electron chi connectivity index (χ4n) is 3.44. The maximum absolute atomic E-state index is 13.1. The lowest BCUT2D eigenvalue weighted by Gasteiger charge is -2.19. The summed E-state index contributed by atoms with van der Waals surface area (Å²) in [7, 11) is -1.92. The van der Waals surface area contributed by atoms with Gasteiger partial charge in [0, 0.05) is 12.7 Å². The maximum atomic E-state index is 13.1. The van der Waals surface area contributed by atoms with Crippen molar-refractivity contribution in [3.63, 3.8) is 0 Å². The molecule has 0 bridgehead atoms. The van der Waals surface area contributed by atoms with E-state index >= 15 is 0 Å². The first kappa shape index (κ1) is 22.3. The zero-order valence-electron chi connectivity index (χ0n) is 17.6. The summed E-state index contributed by atoms with van der Waals surface area (Å²) in [6.45, 7) is 4.66. The molecule has 162 valence electrons. The van der Waals surface area contributed by atoms with Gasteiger partial charge in [0.05, 0.1) is 26.0 Å². The number of rotatable bonds is 7. The number of amides is 1. The van der Waals surface area contributed by atoms with Gasteiger partial charge >= 0.3 is 0 Å². The van der Waals surface area contributed by atoms with Gasteiger partial charge in [-0.2, -0.15) is 8.42 Å². The molecular weight excluding hydrogens is 406 g/mol. The Morgan fingerprint density at radius 1 is 1.10 bits per heavy atom. The lowest BCUT2D eigenvalue weighted by Crippen LogP contribution is -2.32. The minimum Gasteiger partial charge on any atom is -0.486 e. The number of aryl methyl sites for hydroxylation is 2. The molecule has 1 amide bonds. The number of nitrogens with zero attached hydrogens (tertiary/aromatic N) is 1. The molecule has 0 aromatic heterocycles. The zero-order valence-corrected chi connectivity index (χ0v) is 18.4. The van der Waals surface area contributed by atoms with Crippen LogP contribution in [0.1, 0.15) is 27.0 Å². The third kappa shape index (κ3) is 5.59. The third-order valence-corrected chi connectivity index (χ3v) is 5.60. The van der Waals surface area contributed by atoms with E-state index < -0.39 is 10.1 Å². The van der Waals surface area contributed by atoms with Crippen molar-refractivity contribution in [3.05, 3.63) is 64.7 Å². The topological polar surface area (TPSA) is 82.1 Å². The van der Waals surface area contributed by atoms with Gasteiger partial charge < -0.3 is 14.4 Å². The minimum atomic E-state index is -3.53. The van der Waals surface area contributed by atoms with Gasteiger partial charge in [0.25, 0.3) is 16.0 Å². The van der Waals surface area contributed by atoms with Gasteiger partial charge in [0.2, 0.25) is 0 Å². The van der Waals surface area contributed by atoms with Gasteiger partial charge in [-0.1, -0.05) is 29.8 Å². The molecule has 0 N–H and O–H groups in total. The molecule has 2 aromatic carbocycles. The second-order valence-corrected chi connectivity index (χ2v) is 9.22. The quantitative estimate of drug-likeness (QED) is 0.625. The van der Waals surface area contributed by atoms with E-state index in [1.165, 1.54) is 0 Å². The second kappa shape index (κ2) is 9.16. The number of methoxy groups -OCH3 is 1. The van der Waals surface area contributed by atoms with E-state index in [4.69, 9.17) is 13.7 Å². The average molecular weight is 434 g/mol. The summed E-state index contributed by atoms with van der Waals surface area (Å²) < 4.78 is 38.9. The lowest BCUT2D eigenvalue weighted by molar-refractivity contribution is 0.0339. The number of carbonyl (C=O) groups excluding carboxylic acids is 1. The molecule has 1 aliphatic heterocycles. The summed E-state index contributed by atoms with van der Waals surface area (Å²) in [6, 6.07) is 12.9. The molecule has 1 aliphatic rings. The summed E-state index contributed by atoms with van der Waals surface area (Å²) in [6.07, 6.45) is 0.404. The Balaban J connectivity index is 1.71. The standard InChI is InChI=1S/C22H27NO6S/c1-15-8-9-16(2)19(10-15)22(24)23-12-20(27-3)21(13-23)29-18-7-5-6-17(11-18)14-28-30(4,25)26/h5-11,20-21H,12-14H2,1-4H3. The largest absolute Gasteiger partial charge is 0.486 e. The van der Waals surface area contributed by atoms with E-state index in [-0.39, 0.29) is 24.7 Å². The van der Waals surface area contributed by atoms with Gasteiger partial charge in [-0.05, 0) is 43.2 Å². The SMILES string of the molecule is COC1CN(C(=O)c2cc(C)ccc2C)CC1Oc1cccc(COS(C)(=O)=O)c1. The molecule has 2 atom stereocenters. The molecule has 0 spiro atoms. The van der Waals surface area contributed by atoms with Crippen molar-refractivity contribution in [3.8, 4) is 5.75 Å². The van der Waals surface area contributed by atoms with Crippen molar-refractivity contribution in [2.75, 3.05) is 26.5 Å². The van der Waals surface area contributed by atoms with Crippen molar-refractivity contribution < 1.29 is 26.9 Å². The van der Waals surface area contributed by atoms with Gasteiger partial charge in [0.15, 0.2) is 0 Å². The van der Waals surface area contributed by atoms with E-state index in [1.54, 1.807) is 36.3 Å². The summed E-state index contributed by atoms with van der Waals surface area (Å²) in [5.74, 6) is 0.525. The van der Waals surface area contributed by atoms with Gasteiger partial charge in [-0.3, -0.25) is 8.98 Å². The van der Waals surface area contributed by atoms with Crippen LogP contribution in [0, 0.1) is 13.8 Å². The number of benzene rings is 2. The van der Waals surface area contributed by atoms with Crippen molar-refractivity contribution in [2.24, 2.45) is 0 Å². The van der Waals surface area contributed by atoms with Crippen LogP contribution < -0.4 is 4.74 Å². The minimum absolute atomic E-state index is 0.0420. The highest BCUT2D eigenvalue weighted by Crippen LogP contribution is 2.24. The number of hydrogen-bond donors (Lipinski definition) is 0. The van der Waals surface area contributed by atoms with Crippen LogP contribution in [0.4, 0.5) is 0 Å². The lowest BCUT2D eigenvalue weighted by atomic mass is 10.0. The molecule has 0 radical (unpaired) electrons. The van der Waals surface area contributed by atoms with E-state index in [1.807, 2.05) is 32.0 Å². The summed E-state index contributed by atoms with van der Waals surface area (Å²) in [5, 5.41) is 0. The molecule has 2 aromatic rings. The first-order chi connectivity index (χ1) is 14.2. The predicted octanol–water partition coefficient (Wildman–Crippen LogP) is 2.70. The van der Waals surface area contributed by atoms with Crippen molar-refractivity contribution in [2.45, 2.75) is 32.7 Å². The van der Waals surface area contributed by atoms with Crippen molar-refractivity contribution >= 4 is 16.0 Å². The Bertz CT molecular complexity index is 1020. The van der Waals surface area contributed by atoms with Crippen molar-refractivity contribution in [1.29, 1.82) is 0 Å². The Morgan fingerprint density at radius 2 is 1.83 bits per heavy atom. The molecule has 1 fully saturated rings. The maximum Gasteiger partial charge on any atom is 0.264 e. The van der Waals surface area contributed by atoms with E-state index in [0.29, 0.717) is 30.0 Å². The Kier molecular flexibility index (Phi) is 6.80. The monoisotopic (exact) mass is 433 g/mol. The first-order valence-corrected chi connectivity index (χ1v) is 11.5. The van der Waals surface area contributed by atoms with Gasteiger partial charge in [0.1, 0.15) is 18.0 Å². The molecule has 7 nitrogen and oxygen atoms in total. The zero-order chi connectivity index (χ0) is 21.9. The van der Waals surface area contributed by atoms with Crippen LogP contribution >= 0.6 is 0 Å². The van der Waals surface area contributed by atoms with Crippen LogP contribution in [0.15, 0.2) is 42.5 Å². The van der Waals surface area contributed by atoms with E-state index in [2.05, 4.69) is 0 Å². The van der Waals surface area contributed by atoms with Crippen LogP contribution in [0.5, 0.6) is 5.75 Å². The predicted molar refractivity (Wildman–Crippen MR) is 113 cm³/mol. The van der Waals surface area contributed by atoms with E-state index in [0.717, 1.165) is 17.4 Å². The fraction of sp³-hybridized carbons (Fsp3) is 0.409. The first-order valence-electron chi connectivity index (χ1n) is 9.65. The molecule has 3 rings (SSSR count). The molecular formula is C22H27NO6S.